The van der Waals surface area contributed by atoms with Crippen LogP contribution < -0.4 is 0 Å². The van der Waals surface area contributed by atoms with Crippen LogP contribution in [0.5, 0.6) is 0 Å². The van der Waals surface area contributed by atoms with E-state index >= 15 is 0 Å². The molecule has 0 atom stereocenters. The summed E-state index contributed by atoms with van der Waals surface area (Å²) in [6, 6.07) is 6.19. The Morgan fingerprint density at radius 3 is 2.31 bits per heavy atom. The van der Waals surface area contributed by atoms with Gasteiger partial charge in [0, 0.05) is 24.2 Å². The Kier molecular flexibility index (Phi) is 6.51. The highest BCUT2D eigenvalue weighted by Gasteiger charge is 2.23. The lowest BCUT2D eigenvalue weighted by atomic mass is 9.96. The van der Waals surface area contributed by atoms with Crippen LogP contribution in [0, 0.1) is 16.0 Å². The maximum absolute atomic E-state index is 10.8. The summed E-state index contributed by atoms with van der Waals surface area (Å²) in [4.78, 5) is 15.4. The molecule has 0 amide bonds. The fourth-order valence-electron chi connectivity index (χ4n) is 4.36. The minimum absolute atomic E-state index is 0.0523. The van der Waals surface area contributed by atoms with Crippen molar-refractivity contribution in [2.24, 2.45) is 5.92 Å². The fourth-order valence-corrected chi connectivity index (χ4v) is 4.36. The van der Waals surface area contributed by atoms with E-state index in [1.54, 1.807) is 12.1 Å². The van der Waals surface area contributed by atoms with Crippen molar-refractivity contribution in [3.05, 3.63) is 40.3 Å². The first-order valence-electron chi connectivity index (χ1n) is 10.7. The molecule has 0 radical (unpaired) electrons. The summed E-state index contributed by atoms with van der Waals surface area (Å²) < 4.78 is 5.79. The van der Waals surface area contributed by atoms with Crippen molar-refractivity contribution in [1.82, 2.24) is 20.0 Å². The molecule has 0 saturated carbocycles. The zero-order valence-electron chi connectivity index (χ0n) is 16.8. The van der Waals surface area contributed by atoms with E-state index in [-0.39, 0.29) is 5.69 Å². The van der Waals surface area contributed by atoms with Gasteiger partial charge >= 0.3 is 0 Å². The third-order valence-corrected chi connectivity index (χ3v) is 6.07. The average Bonchev–Trinajstić information content (AvgIpc) is 3.05. The van der Waals surface area contributed by atoms with Crippen LogP contribution in [-0.4, -0.2) is 57.6 Å². The van der Waals surface area contributed by atoms with Crippen LogP contribution in [0.3, 0.4) is 0 Å². The Hall–Kier alpha value is -2.32. The van der Waals surface area contributed by atoms with E-state index in [2.05, 4.69) is 20.0 Å². The number of rotatable bonds is 6. The highest BCUT2D eigenvalue weighted by atomic mass is 16.6. The van der Waals surface area contributed by atoms with E-state index in [1.807, 2.05) is 0 Å². The van der Waals surface area contributed by atoms with Crippen molar-refractivity contribution >= 4 is 5.69 Å². The van der Waals surface area contributed by atoms with Gasteiger partial charge in [-0.15, -0.1) is 10.2 Å². The molecule has 0 unspecified atom stereocenters. The van der Waals surface area contributed by atoms with Gasteiger partial charge in [0.05, 0.1) is 11.5 Å². The van der Waals surface area contributed by atoms with Crippen molar-refractivity contribution in [1.29, 1.82) is 0 Å². The van der Waals surface area contributed by atoms with Crippen molar-refractivity contribution in [2.75, 3.05) is 32.7 Å². The lowest BCUT2D eigenvalue weighted by molar-refractivity contribution is -0.384. The molecule has 0 aliphatic carbocycles. The monoisotopic (exact) mass is 399 g/mol. The fraction of sp³-hybridized carbons (Fsp3) is 0.619. The molecule has 156 valence electrons. The lowest BCUT2D eigenvalue weighted by Crippen LogP contribution is -2.38. The number of likely N-dealkylation sites (tertiary alicyclic amines) is 2. The summed E-state index contributed by atoms with van der Waals surface area (Å²) >= 11 is 0. The third-order valence-electron chi connectivity index (χ3n) is 6.07. The molecule has 1 aromatic carbocycles. The molecule has 2 saturated heterocycles. The molecule has 0 bridgehead atoms. The van der Waals surface area contributed by atoms with Crippen molar-refractivity contribution in [2.45, 2.75) is 45.1 Å². The Morgan fingerprint density at radius 1 is 0.966 bits per heavy atom. The standard InChI is InChI=1S/C21H29N5O3/c27-26(28)19-7-5-18(6-8-19)21-23-22-20(29-21)16-25-13-9-17(10-14-25)15-24-11-3-1-2-4-12-24/h5-8,17H,1-4,9-16H2. The molecule has 2 aliphatic rings. The summed E-state index contributed by atoms with van der Waals surface area (Å²) in [5.74, 6) is 1.80. The molecule has 8 nitrogen and oxygen atoms in total. The van der Waals surface area contributed by atoms with Crippen molar-refractivity contribution in [3.63, 3.8) is 0 Å². The normalized spacial score (nSPS) is 19.9. The van der Waals surface area contributed by atoms with Gasteiger partial charge in [0.25, 0.3) is 5.69 Å². The Bertz CT molecular complexity index is 791. The number of benzene rings is 1. The number of nitro groups is 1. The second-order valence-corrected chi connectivity index (χ2v) is 8.24. The van der Waals surface area contributed by atoms with Gasteiger partial charge in [0.15, 0.2) is 0 Å². The zero-order chi connectivity index (χ0) is 20.1. The van der Waals surface area contributed by atoms with Gasteiger partial charge < -0.3 is 9.32 Å². The van der Waals surface area contributed by atoms with Gasteiger partial charge in [-0.05, 0) is 69.9 Å². The van der Waals surface area contributed by atoms with E-state index in [0.29, 0.717) is 23.9 Å². The highest BCUT2D eigenvalue weighted by Crippen LogP contribution is 2.24. The first-order valence-corrected chi connectivity index (χ1v) is 10.7. The molecule has 0 spiro atoms. The van der Waals surface area contributed by atoms with Gasteiger partial charge in [-0.2, -0.15) is 0 Å². The number of nitrogens with zero attached hydrogens (tertiary/aromatic N) is 5. The van der Waals surface area contributed by atoms with Gasteiger partial charge in [-0.3, -0.25) is 15.0 Å². The second-order valence-electron chi connectivity index (χ2n) is 8.24. The lowest BCUT2D eigenvalue weighted by Gasteiger charge is -2.34. The molecular formula is C21H29N5O3. The molecule has 2 aromatic rings. The summed E-state index contributed by atoms with van der Waals surface area (Å²) in [5, 5.41) is 19.0. The molecule has 29 heavy (non-hydrogen) atoms. The molecule has 1 aromatic heterocycles. The molecule has 8 heteroatoms. The van der Waals surface area contributed by atoms with Crippen molar-refractivity contribution in [3.8, 4) is 11.5 Å². The molecule has 0 N–H and O–H groups in total. The van der Waals surface area contributed by atoms with Gasteiger partial charge in [0.1, 0.15) is 0 Å². The number of hydrogen-bond acceptors (Lipinski definition) is 7. The maximum Gasteiger partial charge on any atom is 0.269 e. The number of piperidine rings is 1. The van der Waals surface area contributed by atoms with E-state index in [9.17, 15) is 10.1 Å². The van der Waals surface area contributed by atoms with Crippen LogP contribution in [0.2, 0.25) is 0 Å². The largest absolute Gasteiger partial charge is 0.419 e. The number of hydrogen-bond donors (Lipinski definition) is 0. The molecule has 2 fully saturated rings. The van der Waals surface area contributed by atoms with Gasteiger partial charge in [0.2, 0.25) is 11.8 Å². The number of aromatic nitrogens is 2. The summed E-state index contributed by atoms with van der Waals surface area (Å²) in [7, 11) is 0. The van der Waals surface area contributed by atoms with Crippen LogP contribution in [0.15, 0.2) is 28.7 Å². The molecule has 2 aliphatic heterocycles. The van der Waals surface area contributed by atoms with Gasteiger partial charge in [-0.1, -0.05) is 12.8 Å². The predicted molar refractivity (Wildman–Crippen MR) is 109 cm³/mol. The summed E-state index contributed by atoms with van der Waals surface area (Å²) in [6.07, 6.45) is 7.93. The predicted octanol–water partition coefficient (Wildman–Crippen LogP) is 3.73. The van der Waals surface area contributed by atoms with Crippen LogP contribution in [-0.2, 0) is 6.54 Å². The van der Waals surface area contributed by atoms with E-state index < -0.39 is 4.92 Å². The topological polar surface area (TPSA) is 88.5 Å². The second kappa shape index (κ2) is 9.45. The smallest absolute Gasteiger partial charge is 0.269 e. The first-order chi connectivity index (χ1) is 14.2. The highest BCUT2D eigenvalue weighted by molar-refractivity contribution is 5.55. The Labute approximate surface area is 171 Å². The molecule has 4 rings (SSSR count). The summed E-state index contributed by atoms with van der Waals surface area (Å²) in [5.41, 5.74) is 0.752. The Balaban J connectivity index is 1.26. The van der Waals surface area contributed by atoms with Gasteiger partial charge in [-0.25, -0.2) is 0 Å². The number of nitro benzene ring substituents is 1. The van der Waals surface area contributed by atoms with Crippen LogP contribution >= 0.6 is 0 Å². The SMILES string of the molecule is O=[N+]([O-])c1ccc(-c2nnc(CN3CCC(CN4CCCCCC4)CC3)o2)cc1. The maximum atomic E-state index is 10.8. The quantitative estimate of drug-likeness (QED) is 0.540. The van der Waals surface area contributed by atoms with E-state index in [0.717, 1.165) is 19.0 Å². The third kappa shape index (κ3) is 5.39. The molecular weight excluding hydrogens is 370 g/mol. The van der Waals surface area contributed by atoms with E-state index in [4.69, 9.17) is 4.42 Å². The minimum atomic E-state index is -0.417. The summed E-state index contributed by atoms with van der Waals surface area (Å²) in [6.45, 7) is 6.58. The molecule has 3 heterocycles. The van der Waals surface area contributed by atoms with Crippen LogP contribution in [0.4, 0.5) is 5.69 Å². The zero-order valence-corrected chi connectivity index (χ0v) is 16.8. The van der Waals surface area contributed by atoms with Crippen LogP contribution in [0.25, 0.3) is 11.5 Å². The first kappa shape index (κ1) is 20.0. The van der Waals surface area contributed by atoms with Crippen LogP contribution in [0.1, 0.15) is 44.4 Å². The minimum Gasteiger partial charge on any atom is -0.419 e. The van der Waals surface area contributed by atoms with E-state index in [1.165, 1.54) is 70.3 Å². The Morgan fingerprint density at radius 2 is 1.66 bits per heavy atom. The average molecular weight is 399 g/mol. The van der Waals surface area contributed by atoms with Crippen molar-refractivity contribution < 1.29 is 9.34 Å². The number of non-ortho nitro benzene ring substituents is 1.